The summed E-state index contributed by atoms with van der Waals surface area (Å²) in [6, 6.07) is 5.93. The number of hydrogen-bond donors (Lipinski definition) is 3. The summed E-state index contributed by atoms with van der Waals surface area (Å²) in [5, 5.41) is 21.2. The number of benzene rings is 1. The molecule has 1 aliphatic rings. The van der Waals surface area contributed by atoms with Crippen LogP contribution in [0.25, 0.3) is 0 Å². The molecular formula is C15H16N2O6S2. The van der Waals surface area contributed by atoms with Gasteiger partial charge in [0.05, 0.1) is 12.0 Å². The molecule has 2 heterocycles. The third-order valence-corrected chi connectivity index (χ3v) is 6.90. The number of nitrogens with zero attached hydrogens (tertiary/aromatic N) is 1. The standard InChI is InChI=1S/C15H16N2O6S2/c1-23-10-2-4-11(5-3-10)25(21,22)17-8-9-6-7-24-14(9)13(18)12(17)15(19)16-20/h2-7,12-13,18,20H,8H2,1H3,(H,16,19)/t12-,13-/m1/s1. The molecular weight excluding hydrogens is 368 g/mol. The Bertz CT molecular complexity index is 878. The number of thiophene rings is 1. The first-order valence-electron chi connectivity index (χ1n) is 7.24. The van der Waals surface area contributed by atoms with E-state index in [1.807, 2.05) is 0 Å². The van der Waals surface area contributed by atoms with Gasteiger partial charge < -0.3 is 9.84 Å². The van der Waals surface area contributed by atoms with Crippen LogP contribution in [0.5, 0.6) is 5.75 Å². The molecule has 0 radical (unpaired) electrons. The van der Waals surface area contributed by atoms with Crippen molar-refractivity contribution in [2.45, 2.75) is 23.6 Å². The number of rotatable bonds is 4. The molecule has 1 amide bonds. The number of ether oxygens (including phenoxy) is 1. The van der Waals surface area contributed by atoms with Gasteiger partial charge in [-0.1, -0.05) is 0 Å². The topological polar surface area (TPSA) is 116 Å². The molecule has 1 aromatic carbocycles. The maximum absolute atomic E-state index is 13.0. The zero-order valence-electron chi connectivity index (χ0n) is 13.1. The van der Waals surface area contributed by atoms with Gasteiger partial charge in [0.1, 0.15) is 17.9 Å². The van der Waals surface area contributed by atoms with Crippen LogP contribution in [0, 0.1) is 0 Å². The van der Waals surface area contributed by atoms with Crippen LogP contribution in [0.1, 0.15) is 16.5 Å². The minimum atomic E-state index is -4.09. The number of aliphatic hydroxyl groups excluding tert-OH is 1. The fraction of sp³-hybridized carbons (Fsp3) is 0.267. The highest BCUT2D eigenvalue weighted by Gasteiger charge is 2.45. The quantitative estimate of drug-likeness (QED) is 0.532. The van der Waals surface area contributed by atoms with Gasteiger partial charge in [-0.25, -0.2) is 13.9 Å². The van der Waals surface area contributed by atoms with Crippen molar-refractivity contribution < 1.29 is 28.3 Å². The molecule has 3 N–H and O–H groups in total. The minimum Gasteiger partial charge on any atom is -0.497 e. The molecule has 134 valence electrons. The van der Waals surface area contributed by atoms with Gasteiger partial charge in [0.25, 0.3) is 5.91 Å². The van der Waals surface area contributed by atoms with Crippen molar-refractivity contribution in [1.29, 1.82) is 0 Å². The van der Waals surface area contributed by atoms with Crippen molar-refractivity contribution in [3.63, 3.8) is 0 Å². The van der Waals surface area contributed by atoms with E-state index in [0.29, 0.717) is 16.2 Å². The molecule has 10 heteroatoms. The van der Waals surface area contributed by atoms with E-state index >= 15 is 0 Å². The van der Waals surface area contributed by atoms with Crippen molar-refractivity contribution in [1.82, 2.24) is 9.79 Å². The highest BCUT2D eigenvalue weighted by molar-refractivity contribution is 7.89. The van der Waals surface area contributed by atoms with Crippen molar-refractivity contribution >= 4 is 27.3 Å². The van der Waals surface area contributed by atoms with Crippen molar-refractivity contribution in [3.05, 3.63) is 46.2 Å². The lowest BCUT2D eigenvalue weighted by atomic mass is 10.0. The van der Waals surface area contributed by atoms with E-state index in [4.69, 9.17) is 9.94 Å². The number of aliphatic hydroxyl groups is 1. The van der Waals surface area contributed by atoms with E-state index in [2.05, 4.69) is 0 Å². The molecule has 2 atom stereocenters. The highest BCUT2D eigenvalue weighted by Crippen LogP contribution is 2.38. The highest BCUT2D eigenvalue weighted by atomic mass is 32.2. The lowest BCUT2D eigenvalue weighted by Gasteiger charge is -2.36. The lowest BCUT2D eigenvalue weighted by molar-refractivity contribution is -0.137. The normalized spacial score (nSPS) is 20.8. The third kappa shape index (κ3) is 3.02. The van der Waals surface area contributed by atoms with Crippen LogP contribution in [-0.2, 0) is 21.4 Å². The van der Waals surface area contributed by atoms with Crippen LogP contribution in [0.4, 0.5) is 0 Å². The molecule has 0 saturated carbocycles. The molecule has 1 aromatic heterocycles. The number of carbonyl (C=O) groups is 1. The zero-order chi connectivity index (χ0) is 18.2. The average molecular weight is 384 g/mol. The first-order chi connectivity index (χ1) is 11.9. The number of amides is 1. The van der Waals surface area contributed by atoms with Gasteiger partial charge in [0.2, 0.25) is 10.0 Å². The van der Waals surface area contributed by atoms with Gasteiger partial charge in [-0.2, -0.15) is 4.31 Å². The SMILES string of the molecule is COc1ccc(S(=O)(=O)N2Cc3ccsc3[C@H](O)[C@@H]2C(=O)NO)cc1. The Morgan fingerprint density at radius 2 is 2.00 bits per heavy atom. The predicted octanol–water partition coefficient (Wildman–Crippen LogP) is 0.869. The maximum atomic E-state index is 13.0. The van der Waals surface area contributed by atoms with E-state index in [0.717, 1.165) is 4.31 Å². The summed E-state index contributed by atoms with van der Waals surface area (Å²) in [4.78, 5) is 12.5. The second-order valence-corrected chi connectivity index (χ2v) is 8.24. The molecule has 3 rings (SSSR count). The summed E-state index contributed by atoms with van der Waals surface area (Å²) >= 11 is 1.23. The second-order valence-electron chi connectivity index (χ2n) is 5.40. The Kier molecular flexibility index (Phi) is 4.80. The number of hydroxylamine groups is 1. The van der Waals surface area contributed by atoms with Crippen LogP contribution in [-0.4, -0.2) is 42.1 Å². The smallest absolute Gasteiger partial charge is 0.264 e. The number of methoxy groups -OCH3 is 1. The first-order valence-corrected chi connectivity index (χ1v) is 9.56. The molecule has 0 aliphatic carbocycles. The summed E-state index contributed by atoms with van der Waals surface area (Å²) in [6.45, 7) is -0.0810. The van der Waals surface area contributed by atoms with Gasteiger partial charge in [0, 0.05) is 11.4 Å². The Labute approximate surface area is 148 Å². The van der Waals surface area contributed by atoms with Crippen LogP contribution in [0.2, 0.25) is 0 Å². The largest absolute Gasteiger partial charge is 0.497 e. The Balaban J connectivity index is 2.06. The number of nitrogens with one attached hydrogen (secondary N) is 1. The number of fused-ring (bicyclic) bond motifs is 1. The van der Waals surface area contributed by atoms with E-state index in [1.54, 1.807) is 11.4 Å². The van der Waals surface area contributed by atoms with E-state index in [9.17, 15) is 18.3 Å². The second kappa shape index (κ2) is 6.73. The monoisotopic (exact) mass is 384 g/mol. The molecule has 25 heavy (non-hydrogen) atoms. The Morgan fingerprint density at radius 1 is 1.32 bits per heavy atom. The zero-order valence-corrected chi connectivity index (χ0v) is 14.8. The first kappa shape index (κ1) is 17.8. The molecule has 0 fully saturated rings. The van der Waals surface area contributed by atoms with Crippen LogP contribution in [0.3, 0.4) is 0 Å². The van der Waals surface area contributed by atoms with Gasteiger partial charge >= 0.3 is 0 Å². The predicted molar refractivity (Wildman–Crippen MR) is 88.7 cm³/mol. The number of carbonyl (C=O) groups excluding carboxylic acids is 1. The molecule has 8 nitrogen and oxygen atoms in total. The van der Waals surface area contributed by atoms with Crippen molar-refractivity contribution in [2.24, 2.45) is 0 Å². The maximum Gasteiger partial charge on any atom is 0.264 e. The molecule has 2 aromatic rings. The van der Waals surface area contributed by atoms with Gasteiger partial charge in [-0.05, 0) is 41.3 Å². The molecule has 0 spiro atoms. The number of sulfonamides is 1. The van der Waals surface area contributed by atoms with Gasteiger partial charge in [-0.3, -0.25) is 10.0 Å². The van der Waals surface area contributed by atoms with E-state index in [1.165, 1.54) is 48.2 Å². The molecule has 0 saturated heterocycles. The lowest BCUT2D eigenvalue weighted by Crippen LogP contribution is -2.53. The molecule has 1 aliphatic heterocycles. The fourth-order valence-corrected chi connectivity index (χ4v) is 5.26. The number of hydrogen-bond acceptors (Lipinski definition) is 7. The van der Waals surface area contributed by atoms with Crippen LogP contribution >= 0.6 is 11.3 Å². The average Bonchev–Trinajstić information content (AvgIpc) is 3.10. The molecule has 0 bridgehead atoms. The minimum absolute atomic E-state index is 0.0464. The molecule has 0 unspecified atom stereocenters. The summed E-state index contributed by atoms with van der Waals surface area (Å²) in [7, 11) is -2.63. The third-order valence-electron chi connectivity index (χ3n) is 4.03. The van der Waals surface area contributed by atoms with Crippen molar-refractivity contribution in [2.75, 3.05) is 7.11 Å². The Hall–Kier alpha value is -1.98. The van der Waals surface area contributed by atoms with E-state index in [-0.39, 0.29) is 11.4 Å². The summed E-state index contributed by atoms with van der Waals surface area (Å²) in [5.74, 6) is -0.508. The summed E-state index contributed by atoms with van der Waals surface area (Å²) < 4.78 is 31.9. The van der Waals surface area contributed by atoms with Crippen LogP contribution in [0.15, 0.2) is 40.6 Å². The van der Waals surface area contributed by atoms with Crippen molar-refractivity contribution in [3.8, 4) is 5.75 Å². The van der Waals surface area contributed by atoms with Gasteiger partial charge in [-0.15, -0.1) is 11.3 Å². The fourth-order valence-electron chi connectivity index (χ4n) is 2.76. The summed E-state index contributed by atoms with van der Waals surface area (Å²) in [6.07, 6.45) is -1.37. The van der Waals surface area contributed by atoms with E-state index < -0.39 is 28.1 Å². The Morgan fingerprint density at radius 3 is 2.60 bits per heavy atom. The van der Waals surface area contributed by atoms with Crippen LogP contribution < -0.4 is 10.2 Å². The van der Waals surface area contributed by atoms with Gasteiger partial charge in [0.15, 0.2) is 0 Å². The summed E-state index contributed by atoms with van der Waals surface area (Å²) in [5.41, 5.74) is 2.06.